The highest BCUT2D eigenvalue weighted by molar-refractivity contribution is 8.01. The first kappa shape index (κ1) is 28.0. The molecule has 1 saturated heterocycles. The number of carbonyl (C=O) groups is 3. The van der Waals surface area contributed by atoms with Crippen LogP contribution in [0.2, 0.25) is 0 Å². The van der Waals surface area contributed by atoms with Gasteiger partial charge in [0, 0.05) is 16.9 Å². The molecule has 2 aliphatic rings. The van der Waals surface area contributed by atoms with Crippen LogP contribution in [0.15, 0.2) is 33.0 Å². The molecule has 8 N–H and O–H groups in total. The SMILES string of the molecule is C#CCO/N=C(\C(=O)NC1C(=O)N2C(C(=O)O)=C(CSc3nc(N)cc(N)[n+]3CC)CSC12)c1csc(N)n1. The van der Waals surface area contributed by atoms with Crippen molar-refractivity contribution in [2.45, 2.75) is 30.0 Å². The van der Waals surface area contributed by atoms with E-state index in [-0.39, 0.29) is 40.4 Å². The molecule has 0 saturated carbocycles. The van der Waals surface area contributed by atoms with Gasteiger partial charge in [-0.15, -0.1) is 29.5 Å². The molecule has 4 rings (SSSR count). The number of aliphatic carboxylic acids is 1. The van der Waals surface area contributed by atoms with Crippen molar-refractivity contribution in [1.29, 1.82) is 0 Å². The quantitative estimate of drug-likeness (QED) is 0.0345. The molecular weight excluding hydrogens is 567 g/mol. The molecule has 17 heteroatoms. The summed E-state index contributed by atoms with van der Waals surface area (Å²) in [6, 6.07) is 0.558. The molecule has 2 aliphatic heterocycles. The Hall–Kier alpha value is -4.01. The van der Waals surface area contributed by atoms with Gasteiger partial charge in [-0.25, -0.2) is 14.3 Å². The van der Waals surface area contributed by atoms with E-state index in [2.05, 4.69) is 26.4 Å². The Labute approximate surface area is 235 Å². The lowest BCUT2D eigenvalue weighted by atomic mass is 10.0. The molecule has 1 fully saturated rings. The molecule has 14 nitrogen and oxygen atoms in total. The number of hydrogen-bond donors (Lipinski definition) is 5. The molecule has 0 bridgehead atoms. The zero-order valence-corrected chi connectivity index (χ0v) is 22.9. The molecule has 204 valence electrons. The van der Waals surface area contributed by atoms with Crippen LogP contribution in [0.5, 0.6) is 0 Å². The summed E-state index contributed by atoms with van der Waals surface area (Å²) in [7, 11) is 0. The molecule has 0 aliphatic carbocycles. The summed E-state index contributed by atoms with van der Waals surface area (Å²) >= 11 is 3.69. The van der Waals surface area contributed by atoms with Crippen LogP contribution in [0.1, 0.15) is 12.6 Å². The van der Waals surface area contributed by atoms with Gasteiger partial charge in [0.25, 0.3) is 11.8 Å². The number of nitrogens with one attached hydrogen (secondary N) is 1. The summed E-state index contributed by atoms with van der Waals surface area (Å²) in [5, 5.41) is 18.0. The molecule has 2 unspecified atom stereocenters. The second-order valence-electron chi connectivity index (χ2n) is 8.03. The Morgan fingerprint density at radius 2 is 2.18 bits per heavy atom. The van der Waals surface area contributed by atoms with Crippen LogP contribution in [0.4, 0.5) is 16.8 Å². The van der Waals surface area contributed by atoms with Crippen molar-refractivity contribution in [2.24, 2.45) is 5.16 Å². The molecule has 0 aromatic carbocycles. The monoisotopic (exact) mass is 590 g/mol. The number of hydrogen-bond acceptors (Lipinski definition) is 13. The maximum Gasteiger partial charge on any atom is 0.352 e. The first-order chi connectivity index (χ1) is 18.7. The normalized spacial score (nSPS) is 18.7. The highest BCUT2D eigenvalue weighted by Gasteiger charge is 2.54. The zero-order chi connectivity index (χ0) is 28.3. The van der Waals surface area contributed by atoms with E-state index >= 15 is 0 Å². The smallest absolute Gasteiger partial charge is 0.352 e. The van der Waals surface area contributed by atoms with E-state index < -0.39 is 29.2 Å². The van der Waals surface area contributed by atoms with E-state index in [4.69, 9.17) is 28.5 Å². The summed E-state index contributed by atoms with van der Waals surface area (Å²) < 4.78 is 1.75. The van der Waals surface area contributed by atoms with Gasteiger partial charge in [0.15, 0.2) is 17.5 Å². The van der Waals surface area contributed by atoms with Crippen molar-refractivity contribution in [3.63, 3.8) is 0 Å². The summed E-state index contributed by atoms with van der Waals surface area (Å²) in [6.07, 6.45) is 5.17. The lowest BCUT2D eigenvalue weighted by molar-refractivity contribution is -0.719. The van der Waals surface area contributed by atoms with Gasteiger partial charge in [-0.2, -0.15) is 0 Å². The Morgan fingerprint density at radius 3 is 2.82 bits per heavy atom. The summed E-state index contributed by atoms with van der Waals surface area (Å²) in [5.41, 5.74) is 17.9. The molecule has 0 radical (unpaired) electrons. The number of rotatable bonds is 10. The van der Waals surface area contributed by atoms with Gasteiger partial charge in [-0.05, 0) is 24.3 Å². The average molecular weight is 591 g/mol. The minimum atomic E-state index is -1.25. The molecule has 2 amide bonds. The minimum Gasteiger partial charge on any atom is -0.477 e. The molecule has 4 heterocycles. The lowest BCUT2D eigenvalue weighted by Crippen LogP contribution is -2.71. The van der Waals surface area contributed by atoms with Crippen LogP contribution < -0.4 is 27.1 Å². The number of fused-ring (bicyclic) bond motifs is 1. The van der Waals surface area contributed by atoms with Crippen LogP contribution in [0.25, 0.3) is 0 Å². The number of nitrogens with zero attached hydrogens (tertiary/aromatic N) is 5. The van der Waals surface area contributed by atoms with Crippen molar-refractivity contribution in [3.05, 3.63) is 28.4 Å². The number of thiazole rings is 1. The van der Waals surface area contributed by atoms with Crippen molar-refractivity contribution >= 4 is 75.1 Å². The number of β-lactam (4-membered cyclic amide) rings is 1. The number of oxime groups is 1. The molecule has 2 atom stereocenters. The maximum atomic E-state index is 13.1. The van der Waals surface area contributed by atoms with E-state index in [9.17, 15) is 19.5 Å². The third-order valence-electron chi connectivity index (χ3n) is 5.57. The van der Waals surface area contributed by atoms with Crippen LogP contribution in [0, 0.1) is 12.3 Å². The van der Waals surface area contributed by atoms with Crippen molar-refractivity contribution < 1.29 is 28.9 Å². The van der Waals surface area contributed by atoms with Crippen molar-refractivity contribution in [1.82, 2.24) is 20.2 Å². The number of thioether (sulfide) groups is 2. The first-order valence-electron chi connectivity index (χ1n) is 11.3. The van der Waals surface area contributed by atoms with Gasteiger partial charge >= 0.3 is 11.1 Å². The van der Waals surface area contributed by atoms with Crippen molar-refractivity contribution in [2.75, 3.05) is 35.3 Å². The molecule has 0 spiro atoms. The highest BCUT2D eigenvalue weighted by Crippen LogP contribution is 2.41. The van der Waals surface area contributed by atoms with Gasteiger partial charge < -0.3 is 32.5 Å². The number of terminal acetylenes is 1. The van der Waals surface area contributed by atoms with Crippen LogP contribution in [0.3, 0.4) is 0 Å². The third-order valence-corrected chi connectivity index (χ3v) is 8.65. The Bertz CT molecular complexity index is 1430. The Balaban J connectivity index is 1.52. The van der Waals surface area contributed by atoms with Gasteiger partial charge in [0.1, 0.15) is 22.8 Å². The Kier molecular flexibility index (Phi) is 8.47. The number of carboxylic acids is 1. The fraction of sp³-hybridized carbons (Fsp3) is 0.318. The minimum absolute atomic E-state index is 0.125. The van der Waals surface area contributed by atoms with E-state index in [0.29, 0.717) is 28.8 Å². The summed E-state index contributed by atoms with van der Waals surface area (Å²) in [5.74, 6) is 0.900. The fourth-order valence-electron chi connectivity index (χ4n) is 3.86. The molecule has 2 aromatic rings. The van der Waals surface area contributed by atoms with E-state index in [1.165, 1.54) is 33.8 Å². The first-order valence-corrected chi connectivity index (χ1v) is 14.2. The Morgan fingerprint density at radius 1 is 1.41 bits per heavy atom. The third kappa shape index (κ3) is 5.72. The number of aromatic nitrogens is 3. The molecular formula is C22H24N9O5S3+. The van der Waals surface area contributed by atoms with Crippen LogP contribution >= 0.6 is 34.9 Å². The fourth-order valence-corrected chi connectivity index (χ4v) is 6.99. The van der Waals surface area contributed by atoms with Gasteiger partial charge in [0.2, 0.25) is 11.6 Å². The number of nitrogens with two attached hydrogens (primary N) is 3. The number of anilines is 3. The standard InChI is InChI=1S/C22H23N9O5S3/c1-3-5-36-29-14(11-9-38-21(25)26-11)17(32)28-15-18(33)31-16(20(34)35)10(7-37-19(15)31)8-39-22-27-12(23)6-13(24)30(22)4-2/h1,6,9,15,19H,4-5,7-8H2,2H3,(H7,23,24,25,26,28,32,34,35)/p+1/b29-14-. The van der Waals surface area contributed by atoms with Gasteiger partial charge in [-0.1, -0.05) is 16.1 Å². The predicted octanol–water partition coefficient (Wildman–Crippen LogP) is -0.523. The average Bonchev–Trinajstić information content (AvgIpc) is 3.33. The molecule has 2 aromatic heterocycles. The van der Waals surface area contributed by atoms with E-state index in [0.717, 1.165) is 11.3 Å². The number of carboxylic acid groups (broad SMARTS) is 1. The highest BCUT2D eigenvalue weighted by atomic mass is 32.2. The number of amides is 2. The molecule has 39 heavy (non-hydrogen) atoms. The summed E-state index contributed by atoms with van der Waals surface area (Å²) in [4.78, 5) is 52.8. The lowest BCUT2D eigenvalue weighted by Gasteiger charge is -2.49. The van der Waals surface area contributed by atoms with Gasteiger partial charge in [-0.3, -0.25) is 14.5 Å². The second kappa shape index (κ2) is 11.8. The van der Waals surface area contributed by atoms with E-state index in [1.54, 1.807) is 10.6 Å². The van der Waals surface area contributed by atoms with Crippen LogP contribution in [-0.2, 0) is 25.8 Å². The number of carbonyl (C=O) groups excluding carboxylic acids is 2. The maximum absolute atomic E-state index is 13.1. The van der Waals surface area contributed by atoms with E-state index in [1.807, 2.05) is 6.92 Å². The zero-order valence-electron chi connectivity index (χ0n) is 20.5. The van der Waals surface area contributed by atoms with Crippen molar-refractivity contribution in [3.8, 4) is 12.3 Å². The van der Waals surface area contributed by atoms with Gasteiger partial charge in [0.05, 0.1) is 12.6 Å². The topological polar surface area (TPSA) is 216 Å². The second-order valence-corrected chi connectivity index (χ2v) is 11.0. The predicted molar refractivity (Wildman–Crippen MR) is 147 cm³/mol. The summed E-state index contributed by atoms with van der Waals surface area (Å²) in [6.45, 7) is 2.26. The van der Waals surface area contributed by atoms with Crippen LogP contribution in [-0.4, -0.2) is 73.0 Å². The largest absolute Gasteiger partial charge is 0.477 e. The number of nitrogen functional groups attached to an aromatic ring is 3.